The molecule has 7 nitrogen and oxygen atoms in total. The van der Waals surface area contributed by atoms with Gasteiger partial charge >= 0.3 is 0 Å². The molecule has 0 saturated carbocycles. The topological polar surface area (TPSA) is 77.1 Å². The Balaban J connectivity index is 1.60. The first kappa shape index (κ1) is 22.0. The first-order chi connectivity index (χ1) is 15.2. The zero-order valence-corrected chi connectivity index (χ0v) is 17.3. The number of fused-ring (bicyclic) bond motifs is 1. The Labute approximate surface area is 187 Å². The Morgan fingerprint density at radius 2 is 1.78 bits per heavy atom. The molecular weight excluding hydrogens is 475 g/mol. The Hall–Kier alpha value is -3.18. The summed E-state index contributed by atoms with van der Waals surface area (Å²) in [4.78, 5) is 16.2. The number of alkyl halides is 4. The van der Waals surface area contributed by atoms with E-state index < -0.39 is 30.1 Å². The van der Waals surface area contributed by atoms with Crippen molar-refractivity contribution in [1.82, 2.24) is 24.4 Å². The van der Waals surface area contributed by atoms with E-state index in [1.54, 1.807) is 24.3 Å². The fourth-order valence-electron chi connectivity index (χ4n) is 2.93. The summed E-state index contributed by atoms with van der Waals surface area (Å²) in [6.45, 7) is 0.279. The van der Waals surface area contributed by atoms with E-state index in [0.717, 1.165) is 11.6 Å². The third-order valence-corrected chi connectivity index (χ3v) is 5.04. The van der Waals surface area contributed by atoms with Crippen molar-refractivity contribution in [3.8, 4) is 0 Å². The number of benzene rings is 1. The van der Waals surface area contributed by atoms with Crippen LogP contribution >= 0.6 is 23.2 Å². The van der Waals surface area contributed by atoms with Gasteiger partial charge in [0.1, 0.15) is 16.4 Å². The molecule has 0 unspecified atom stereocenters. The summed E-state index contributed by atoms with van der Waals surface area (Å²) >= 11 is 12.3. The van der Waals surface area contributed by atoms with Gasteiger partial charge in [0.2, 0.25) is 0 Å². The third-order valence-electron chi connectivity index (χ3n) is 4.39. The number of hydrogen-bond acceptors (Lipinski definition) is 4. The van der Waals surface area contributed by atoms with Gasteiger partial charge in [-0.3, -0.25) is 9.48 Å². The number of rotatable bonds is 6. The standard InChI is InChI=1S/C19H12Cl2F4N6O/c20-10-4-2-1-3-9(10)7-30-8-11(21)18(29-30)27-19(32)13-6-15-26-12(16(22)23)5-14(17(24)25)31(15)28-13/h1-6,8,16-17H,7H2,(H,27,29,32). The molecule has 1 amide bonds. The summed E-state index contributed by atoms with van der Waals surface area (Å²) < 4.78 is 54.6. The fourth-order valence-corrected chi connectivity index (χ4v) is 3.32. The monoisotopic (exact) mass is 486 g/mol. The van der Waals surface area contributed by atoms with Crippen LogP contribution in [0.2, 0.25) is 10.0 Å². The van der Waals surface area contributed by atoms with Gasteiger partial charge in [-0.05, 0) is 17.7 Å². The lowest BCUT2D eigenvalue weighted by Gasteiger charge is -2.06. The molecular formula is C19H12Cl2F4N6O. The zero-order chi connectivity index (χ0) is 23.0. The Kier molecular flexibility index (Phi) is 6.02. The third kappa shape index (κ3) is 4.39. The number of hydrogen-bond donors (Lipinski definition) is 1. The van der Waals surface area contributed by atoms with Gasteiger partial charge in [-0.1, -0.05) is 41.4 Å². The normalized spacial score (nSPS) is 11.6. The predicted octanol–water partition coefficient (Wildman–Crippen LogP) is 5.41. The number of carbonyl (C=O) groups excluding carboxylic acids is 1. The molecule has 0 radical (unpaired) electrons. The molecule has 0 saturated heterocycles. The number of anilines is 1. The van der Waals surface area contributed by atoms with Crippen molar-refractivity contribution in [2.24, 2.45) is 0 Å². The first-order valence-corrected chi connectivity index (χ1v) is 9.73. The van der Waals surface area contributed by atoms with Gasteiger partial charge < -0.3 is 5.32 Å². The van der Waals surface area contributed by atoms with E-state index in [1.807, 2.05) is 0 Å². The van der Waals surface area contributed by atoms with Gasteiger partial charge in [0, 0.05) is 17.3 Å². The second-order valence-corrected chi connectivity index (χ2v) is 7.39. The molecule has 0 aliphatic rings. The maximum Gasteiger partial charge on any atom is 0.280 e. The van der Waals surface area contributed by atoms with Crippen LogP contribution in [0, 0.1) is 0 Å². The number of nitrogens with one attached hydrogen (secondary N) is 1. The van der Waals surface area contributed by atoms with Crippen LogP contribution in [0.25, 0.3) is 5.65 Å². The van der Waals surface area contributed by atoms with Crippen LogP contribution < -0.4 is 5.32 Å². The minimum absolute atomic E-state index is 0.00362. The van der Waals surface area contributed by atoms with Gasteiger partial charge in [0.05, 0.1) is 6.54 Å². The molecule has 0 bridgehead atoms. The van der Waals surface area contributed by atoms with Crippen LogP contribution in [0.1, 0.15) is 40.3 Å². The smallest absolute Gasteiger partial charge is 0.280 e. The van der Waals surface area contributed by atoms with Crippen LogP contribution in [0.15, 0.2) is 42.6 Å². The molecule has 0 aliphatic carbocycles. The van der Waals surface area contributed by atoms with Crippen molar-refractivity contribution in [2.75, 3.05) is 5.32 Å². The average Bonchev–Trinajstić information content (AvgIpc) is 3.32. The molecule has 3 aromatic heterocycles. The van der Waals surface area contributed by atoms with Crippen molar-refractivity contribution < 1.29 is 22.4 Å². The van der Waals surface area contributed by atoms with E-state index in [9.17, 15) is 22.4 Å². The molecule has 0 atom stereocenters. The highest BCUT2D eigenvalue weighted by atomic mass is 35.5. The van der Waals surface area contributed by atoms with E-state index in [4.69, 9.17) is 23.2 Å². The van der Waals surface area contributed by atoms with Crippen molar-refractivity contribution in [3.63, 3.8) is 0 Å². The first-order valence-electron chi connectivity index (χ1n) is 8.97. The molecule has 1 aromatic carbocycles. The van der Waals surface area contributed by atoms with Crippen molar-refractivity contribution >= 4 is 40.6 Å². The van der Waals surface area contributed by atoms with E-state index >= 15 is 0 Å². The van der Waals surface area contributed by atoms with Gasteiger partial charge in [-0.15, -0.1) is 0 Å². The lowest BCUT2D eigenvalue weighted by atomic mass is 10.2. The molecule has 0 fully saturated rings. The fraction of sp³-hybridized carbons (Fsp3) is 0.158. The summed E-state index contributed by atoms with van der Waals surface area (Å²) in [5, 5.41) is 11.0. The Bertz CT molecular complexity index is 1310. The maximum absolute atomic E-state index is 13.3. The van der Waals surface area contributed by atoms with Gasteiger partial charge in [-0.25, -0.2) is 27.1 Å². The van der Waals surface area contributed by atoms with Gasteiger partial charge in [0.25, 0.3) is 18.8 Å². The lowest BCUT2D eigenvalue weighted by Crippen LogP contribution is -2.14. The van der Waals surface area contributed by atoms with E-state index in [0.29, 0.717) is 15.6 Å². The molecule has 13 heteroatoms. The molecule has 0 spiro atoms. The van der Waals surface area contributed by atoms with Crippen LogP contribution in [0.5, 0.6) is 0 Å². The highest BCUT2D eigenvalue weighted by Crippen LogP contribution is 2.26. The van der Waals surface area contributed by atoms with Crippen LogP contribution in [0.4, 0.5) is 23.4 Å². The quantitative estimate of drug-likeness (QED) is 0.369. The van der Waals surface area contributed by atoms with Crippen LogP contribution in [0.3, 0.4) is 0 Å². The number of carbonyl (C=O) groups is 1. The maximum atomic E-state index is 13.3. The van der Waals surface area contributed by atoms with E-state index in [2.05, 4.69) is 20.5 Å². The zero-order valence-electron chi connectivity index (χ0n) is 15.8. The summed E-state index contributed by atoms with van der Waals surface area (Å²) in [7, 11) is 0. The summed E-state index contributed by atoms with van der Waals surface area (Å²) in [6, 6.07) is 8.66. The lowest BCUT2D eigenvalue weighted by molar-refractivity contribution is 0.102. The molecule has 32 heavy (non-hydrogen) atoms. The van der Waals surface area contributed by atoms with Crippen molar-refractivity contribution in [1.29, 1.82) is 0 Å². The van der Waals surface area contributed by atoms with E-state index in [1.165, 1.54) is 10.9 Å². The highest BCUT2D eigenvalue weighted by Gasteiger charge is 2.23. The van der Waals surface area contributed by atoms with Gasteiger partial charge in [-0.2, -0.15) is 10.2 Å². The number of nitrogens with zero attached hydrogens (tertiary/aromatic N) is 5. The minimum atomic E-state index is -3.11. The molecule has 4 rings (SSSR count). The number of amides is 1. The summed E-state index contributed by atoms with van der Waals surface area (Å²) in [5.41, 5.74) is -1.54. The largest absolute Gasteiger partial charge is 0.302 e. The second kappa shape index (κ2) is 8.75. The van der Waals surface area contributed by atoms with Crippen LogP contribution in [-0.2, 0) is 6.54 Å². The highest BCUT2D eigenvalue weighted by molar-refractivity contribution is 6.33. The van der Waals surface area contributed by atoms with Crippen molar-refractivity contribution in [3.05, 3.63) is 75.3 Å². The molecule has 4 aromatic rings. The summed E-state index contributed by atoms with van der Waals surface area (Å²) in [5.74, 6) is -0.838. The average molecular weight is 487 g/mol. The number of halogens is 6. The molecule has 3 heterocycles. The van der Waals surface area contributed by atoms with Crippen molar-refractivity contribution in [2.45, 2.75) is 19.4 Å². The number of aromatic nitrogens is 5. The van der Waals surface area contributed by atoms with Gasteiger partial charge in [0.15, 0.2) is 17.2 Å². The van der Waals surface area contributed by atoms with Crippen LogP contribution in [-0.4, -0.2) is 30.3 Å². The molecule has 0 aliphatic heterocycles. The Morgan fingerprint density at radius 3 is 2.47 bits per heavy atom. The molecule has 166 valence electrons. The Morgan fingerprint density at radius 1 is 1.03 bits per heavy atom. The SMILES string of the molecule is O=C(Nc1nn(Cc2ccccc2Cl)cc1Cl)c1cc2nc(C(F)F)cc(C(F)F)n2n1. The predicted molar refractivity (Wildman–Crippen MR) is 109 cm³/mol. The second-order valence-electron chi connectivity index (χ2n) is 6.58. The summed E-state index contributed by atoms with van der Waals surface area (Å²) in [6.07, 6.45) is -4.70. The minimum Gasteiger partial charge on any atom is -0.302 e. The molecule has 1 N–H and O–H groups in total. The van der Waals surface area contributed by atoms with E-state index in [-0.39, 0.29) is 28.7 Å².